The molecule has 2 N–H and O–H groups in total. The molecule has 1 aromatic rings. The van der Waals surface area contributed by atoms with E-state index in [1.54, 1.807) is 11.3 Å². The fraction of sp³-hybridized carbons (Fsp3) is 0.714. The Morgan fingerprint density at radius 3 is 2.85 bits per heavy atom. The maximum atomic E-state index is 6.08. The monoisotopic (exact) mass is 408 g/mol. The summed E-state index contributed by atoms with van der Waals surface area (Å²) in [5.41, 5.74) is 7.22. The minimum Gasteiger partial charge on any atom is -0.370 e. The molecule has 0 aromatic carbocycles. The molecule has 114 valence electrons. The summed E-state index contributed by atoms with van der Waals surface area (Å²) in [6, 6.07) is 0. The Balaban J connectivity index is 0.00000200. The van der Waals surface area contributed by atoms with Crippen molar-refractivity contribution in [2.24, 2.45) is 16.6 Å². The first-order valence-electron chi connectivity index (χ1n) is 7.04. The SMILES string of the molecule is Cc1nc(C)c(CCN=C(N)N2CCCC(C)C2)s1.I. The van der Waals surface area contributed by atoms with Crippen molar-refractivity contribution in [3.63, 3.8) is 0 Å². The highest BCUT2D eigenvalue weighted by Crippen LogP contribution is 2.18. The topological polar surface area (TPSA) is 54.5 Å². The summed E-state index contributed by atoms with van der Waals surface area (Å²) in [5.74, 6) is 1.44. The van der Waals surface area contributed by atoms with Crippen molar-refractivity contribution in [2.75, 3.05) is 19.6 Å². The van der Waals surface area contributed by atoms with Gasteiger partial charge in [-0.3, -0.25) is 4.99 Å². The molecular formula is C14H25IN4S. The molecule has 0 spiro atoms. The molecule has 0 amide bonds. The molecule has 0 aliphatic carbocycles. The fourth-order valence-corrected chi connectivity index (χ4v) is 3.50. The molecule has 2 rings (SSSR count). The number of nitrogens with zero attached hydrogens (tertiary/aromatic N) is 3. The van der Waals surface area contributed by atoms with Crippen molar-refractivity contribution in [1.29, 1.82) is 0 Å². The quantitative estimate of drug-likeness (QED) is 0.475. The summed E-state index contributed by atoms with van der Waals surface area (Å²) >= 11 is 1.77. The van der Waals surface area contributed by atoms with E-state index in [-0.39, 0.29) is 24.0 Å². The van der Waals surface area contributed by atoms with Crippen LogP contribution in [0.5, 0.6) is 0 Å². The number of piperidine rings is 1. The molecule has 2 heterocycles. The van der Waals surface area contributed by atoms with Crippen molar-refractivity contribution >= 4 is 41.3 Å². The Labute approximate surface area is 142 Å². The lowest BCUT2D eigenvalue weighted by atomic mass is 10.0. The number of guanidine groups is 1. The van der Waals surface area contributed by atoms with E-state index in [1.165, 1.54) is 17.7 Å². The lowest BCUT2D eigenvalue weighted by molar-refractivity contribution is 0.270. The van der Waals surface area contributed by atoms with E-state index in [2.05, 4.69) is 28.7 Å². The number of aromatic nitrogens is 1. The minimum absolute atomic E-state index is 0. The van der Waals surface area contributed by atoms with Crippen molar-refractivity contribution < 1.29 is 0 Å². The fourth-order valence-electron chi connectivity index (χ4n) is 2.57. The lowest BCUT2D eigenvalue weighted by Crippen LogP contribution is -2.43. The maximum absolute atomic E-state index is 6.08. The molecule has 1 atom stereocenters. The third kappa shape index (κ3) is 4.87. The van der Waals surface area contributed by atoms with E-state index >= 15 is 0 Å². The van der Waals surface area contributed by atoms with E-state index in [0.29, 0.717) is 5.96 Å². The normalized spacial score (nSPS) is 19.9. The minimum atomic E-state index is 0. The van der Waals surface area contributed by atoms with Crippen molar-refractivity contribution in [2.45, 2.75) is 40.0 Å². The Hall–Kier alpha value is -0.370. The second-order valence-corrected chi connectivity index (χ2v) is 6.71. The molecular weight excluding hydrogens is 383 g/mol. The predicted molar refractivity (Wildman–Crippen MR) is 97.2 cm³/mol. The van der Waals surface area contributed by atoms with Crippen LogP contribution in [0.25, 0.3) is 0 Å². The molecule has 1 aliphatic rings. The molecule has 0 radical (unpaired) electrons. The molecule has 1 fully saturated rings. The lowest BCUT2D eigenvalue weighted by Gasteiger charge is -2.31. The predicted octanol–water partition coefficient (Wildman–Crippen LogP) is 2.97. The summed E-state index contributed by atoms with van der Waals surface area (Å²) < 4.78 is 0. The van der Waals surface area contributed by atoms with E-state index in [1.807, 2.05) is 6.92 Å². The summed E-state index contributed by atoms with van der Waals surface area (Å²) in [5, 5.41) is 1.13. The van der Waals surface area contributed by atoms with E-state index in [0.717, 1.165) is 42.7 Å². The first-order valence-corrected chi connectivity index (χ1v) is 7.85. The van der Waals surface area contributed by atoms with Crippen LogP contribution in [0.2, 0.25) is 0 Å². The number of hydrogen-bond acceptors (Lipinski definition) is 3. The third-order valence-electron chi connectivity index (χ3n) is 3.59. The number of hydrogen-bond donors (Lipinski definition) is 1. The number of halogens is 1. The first kappa shape index (κ1) is 17.7. The van der Waals surface area contributed by atoms with Gasteiger partial charge in [-0.1, -0.05) is 6.92 Å². The smallest absolute Gasteiger partial charge is 0.191 e. The highest BCUT2D eigenvalue weighted by atomic mass is 127. The largest absolute Gasteiger partial charge is 0.370 e. The van der Waals surface area contributed by atoms with Crippen LogP contribution in [0, 0.1) is 19.8 Å². The molecule has 1 saturated heterocycles. The van der Waals surface area contributed by atoms with Gasteiger partial charge in [-0.2, -0.15) is 0 Å². The van der Waals surface area contributed by atoms with Gasteiger partial charge in [0.15, 0.2) is 5.96 Å². The van der Waals surface area contributed by atoms with Gasteiger partial charge < -0.3 is 10.6 Å². The number of likely N-dealkylation sites (tertiary alicyclic amines) is 1. The molecule has 4 nitrogen and oxygen atoms in total. The van der Waals surface area contributed by atoms with Crippen LogP contribution >= 0.6 is 35.3 Å². The van der Waals surface area contributed by atoms with Crippen molar-refractivity contribution in [3.8, 4) is 0 Å². The van der Waals surface area contributed by atoms with Crippen LogP contribution in [0.4, 0.5) is 0 Å². The van der Waals surface area contributed by atoms with Crippen molar-refractivity contribution in [3.05, 3.63) is 15.6 Å². The van der Waals surface area contributed by atoms with Crippen LogP contribution < -0.4 is 5.73 Å². The number of thiazole rings is 1. The van der Waals surface area contributed by atoms with Crippen molar-refractivity contribution in [1.82, 2.24) is 9.88 Å². The number of aryl methyl sites for hydroxylation is 2. The Morgan fingerprint density at radius 2 is 2.25 bits per heavy atom. The molecule has 0 bridgehead atoms. The maximum Gasteiger partial charge on any atom is 0.191 e. The van der Waals surface area contributed by atoms with Crippen LogP contribution in [-0.4, -0.2) is 35.5 Å². The van der Waals surface area contributed by atoms with Gasteiger partial charge in [0.25, 0.3) is 0 Å². The van der Waals surface area contributed by atoms with Gasteiger partial charge in [0, 0.05) is 30.9 Å². The summed E-state index contributed by atoms with van der Waals surface area (Å²) in [4.78, 5) is 12.5. The van der Waals surface area contributed by atoms with Gasteiger partial charge in [-0.05, 0) is 32.6 Å². The van der Waals surface area contributed by atoms with Crippen LogP contribution in [0.3, 0.4) is 0 Å². The van der Waals surface area contributed by atoms with Crippen LogP contribution in [0.15, 0.2) is 4.99 Å². The zero-order chi connectivity index (χ0) is 13.8. The molecule has 6 heteroatoms. The zero-order valence-corrected chi connectivity index (χ0v) is 15.7. The molecule has 1 aliphatic heterocycles. The molecule has 1 aromatic heterocycles. The second-order valence-electron chi connectivity index (χ2n) is 5.42. The standard InChI is InChI=1S/C14H24N4S.HI/c1-10-5-4-8-18(9-10)14(15)16-7-6-13-11(2)17-12(3)19-13;/h10H,4-9H2,1-3H3,(H2,15,16);1H. The number of nitrogens with two attached hydrogens (primary N) is 1. The van der Waals surface area contributed by atoms with Gasteiger partial charge in [0.2, 0.25) is 0 Å². The zero-order valence-electron chi connectivity index (χ0n) is 12.6. The Bertz CT molecular complexity index is 458. The molecule has 20 heavy (non-hydrogen) atoms. The van der Waals surface area contributed by atoms with Gasteiger partial charge in [0.1, 0.15) is 0 Å². The highest BCUT2D eigenvalue weighted by molar-refractivity contribution is 14.0. The summed E-state index contributed by atoms with van der Waals surface area (Å²) in [7, 11) is 0. The van der Waals surface area contributed by atoms with Gasteiger partial charge in [-0.25, -0.2) is 4.98 Å². The van der Waals surface area contributed by atoms with Crippen LogP contribution in [0.1, 0.15) is 35.3 Å². The van der Waals surface area contributed by atoms with E-state index in [4.69, 9.17) is 5.73 Å². The molecule has 0 saturated carbocycles. The average molecular weight is 408 g/mol. The summed E-state index contributed by atoms with van der Waals surface area (Å²) in [6.07, 6.45) is 3.48. The first-order chi connectivity index (χ1) is 9.06. The molecule has 1 unspecified atom stereocenters. The van der Waals surface area contributed by atoms with Gasteiger partial charge >= 0.3 is 0 Å². The number of aliphatic imine (C=N–C) groups is 1. The Kier molecular flexibility index (Phi) is 7.22. The Morgan fingerprint density at radius 1 is 1.50 bits per heavy atom. The van der Waals surface area contributed by atoms with Gasteiger partial charge in [-0.15, -0.1) is 35.3 Å². The average Bonchev–Trinajstić information content (AvgIpc) is 2.68. The highest BCUT2D eigenvalue weighted by Gasteiger charge is 2.17. The summed E-state index contributed by atoms with van der Waals surface area (Å²) in [6.45, 7) is 9.26. The van der Waals surface area contributed by atoms with E-state index in [9.17, 15) is 0 Å². The number of rotatable bonds is 3. The second kappa shape index (κ2) is 8.17. The van der Waals surface area contributed by atoms with Gasteiger partial charge in [0.05, 0.1) is 10.7 Å². The third-order valence-corrected chi connectivity index (χ3v) is 4.73. The van der Waals surface area contributed by atoms with E-state index < -0.39 is 0 Å². The van der Waals surface area contributed by atoms with Crippen LogP contribution in [-0.2, 0) is 6.42 Å².